The molecule has 1 rings (SSSR count). The zero-order valence-corrected chi connectivity index (χ0v) is 7.03. The Morgan fingerprint density at radius 2 is 2.50 bits per heavy atom. The predicted octanol–water partition coefficient (Wildman–Crippen LogP) is 2.07. The molecule has 0 radical (unpaired) electrons. The number of allylic oxidation sites excluding steroid dienone is 1. The molecule has 0 saturated heterocycles. The number of Topliss-reactive ketones (excluding diaryl/α,β-unsaturated/α-hetero) is 1. The molecule has 62 valence electrons. The minimum absolute atomic E-state index is 0.176. The van der Waals surface area contributed by atoms with Crippen LogP contribution in [0.5, 0.6) is 0 Å². The molecule has 0 fully saturated rings. The van der Waals surface area contributed by atoms with Crippen molar-refractivity contribution in [2.45, 2.75) is 13.3 Å². The fraction of sp³-hybridized carbons (Fsp3) is 0.200. The second-order valence-corrected chi connectivity index (χ2v) is 2.59. The van der Waals surface area contributed by atoms with E-state index in [2.05, 4.69) is 4.98 Å². The maximum atomic E-state index is 10.6. The number of hydrogen-bond donors (Lipinski definition) is 0. The molecule has 0 saturated carbocycles. The summed E-state index contributed by atoms with van der Waals surface area (Å²) in [6.45, 7) is 1.58. The lowest BCUT2D eigenvalue weighted by molar-refractivity contribution is -0.116. The highest BCUT2D eigenvalue weighted by molar-refractivity contribution is 5.78. The Balaban J connectivity index is 2.52. The smallest absolute Gasteiger partial charge is 0.133 e. The third-order valence-corrected chi connectivity index (χ3v) is 1.40. The first kappa shape index (κ1) is 8.65. The van der Waals surface area contributed by atoms with Gasteiger partial charge in [0, 0.05) is 18.8 Å². The summed E-state index contributed by atoms with van der Waals surface area (Å²) in [7, 11) is 0. The molecule has 0 N–H and O–H groups in total. The van der Waals surface area contributed by atoms with Gasteiger partial charge in [0.15, 0.2) is 0 Å². The van der Waals surface area contributed by atoms with Crippen molar-refractivity contribution >= 4 is 11.9 Å². The summed E-state index contributed by atoms with van der Waals surface area (Å²) in [5, 5.41) is 0. The normalized spacial score (nSPS) is 10.4. The lowest BCUT2D eigenvalue weighted by Crippen LogP contribution is -1.83. The third kappa shape index (κ3) is 3.10. The molecule has 0 bridgehead atoms. The van der Waals surface area contributed by atoms with Gasteiger partial charge in [0.2, 0.25) is 0 Å². The van der Waals surface area contributed by atoms with Gasteiger partial charge >= 0.3 is 0 Å². The molecule has 0 amide bonds. The van der Waals surface area contributed by atoms with E-state index in [4.69, 9.17) is 0 Å². The van der Waals surface area contributed by atoms with Crippen molar-refractivity contribution in [3.63, 3.8) is 0 Å². The molecule has 0 spiro atoms. The van der Waals surface area contributed by atoms with Crippen LogP contribution in [0.2, 0.25) is 0 Å². The van der Waals surface area contributed by atoms with Crippen LogP contribution in [0, 0.1) is 0 Å². The van der Waals surface area contributed by atoms with Gasteiger partial charge in [-0.3, -0.25) is 9.78 Å². The monoisotopic (exact) mass is 161 g/mol. The van der Waals surface area contributed by atoms with E-state index < -0.39 is 0 Å². The maximum absolute atomic E-state index is 10.6. The lowest BCUT2D eigenvalue weighted by Gasteiger charge is -1.89. The lowest BCUT2D eigenvalue weighted by atomic mass is 10.2. The number of rotatable bonds is 3. The van der Waals surface area contributed by atoms with E-state index >= 15 is 0 Å². The number of ketones is 1. The summed E-state index contributed by atoms with van der Waals surface area (Å²) < 4.78 is 0. The molecular formula is C10H11NO. The Hall–Kier alpha value is -1.44. The van der Waals surface area contributed by atoms with Gasteiger partial charge < -0.3 is 0 Å². The molecule has 0 aromatic carbocycles. The zero-order valence-electron chi connectivity index (χ0n) is 7.03. The van der Waals surface area contributed by atoms with Crippen molar-refractivity contribution in [3.8, 4) is 0 Å². The topological polar surface area (TPSA) is 30.0 Å². The fourth-order valence-corrected chi connectivity index (χ4v) is 0.836. The summed E-state index contributed by atoms with van der Waals surface area (Å²) in [4.78, 5) is 14.5. The van der Waals surface area contributed by atoms with Crippen molar-refractivity contribution in [1.82, 2.24) is 4.98 Å². The largest absolute Gasteiger partial charge is 0.300 e. The summed E-state index contributed by atoms with van der Waals surface area (Å²) in [6, 6.07) is 3.82. The Labute approximate surface area is 71.9 Å². The van der Waals surface area contributed by atoms with Crippen molar-refractivity contribution < 1.29 is 4.79 Å². The predicted molar refractivity (Wildman–Crippen MR) is 48.6 cm³/mol. The first-order valence-corrected chi connectivity index (χ1v) is 3.85. The van der Waals surface area contributed by atoms with Gasteiger partial charge in [-0.05, 0) is 18.6 Å². The number of aromatic nitrogens is 1. The zero-order chi connectivity index (χ0) is 8.81. The van der Waals surface area contributed by atoms with Gasteiger partial charge in [-0.25, -0.2) is 0 Å². The summed E-state index contributed by atoms with van der Waals surface area (Å²) >= 11 is 0. The minimum atomic E-state index is 0.176. The van der Waals surface area contributed by atoms with Crippen LogP contribution < -0.4 is 0 Å². The fourth-order valence-electron chi connectivity index (χ4n) is 0.836. The molecule has 0 aliphatic carbocycles. The SMILES string of the molecule is CC(=O)C/C=C/c1cccnc1. The van der Waals surface area contributed by atoms with E-state index in [1.165, 1.54) is 0 Å². The average Bonchev–Trinajstić information content (AvgIpc) is 2.05. The molecule has 0 aliphatic rings. The van der Waals surface area contributed by atoms with E-state index in [1.54, 1.807) is 19.3 Å². The van der Waals surface area contributed by atoms with Gasteiger partial charge in [0.1, 0.15) is 5.78 Å². The minimum Gasteiger partial charge on any atom is -0.300 e. The number of carbonyl (C=O) groups is 1. The van der Waals surface area contributed by atoms with E-state index in [9.17, 15) is 4.79 Å². The molecule has 2 nitrogen and oxygen atoms in total. The number of nitrogens with zero attached hydrogens (tertiary/aromatic N) is 1. The first-order valence-electron chi connectivity index (χ1n) is 3.85. The van der Waals surface area contributed by atoms with Gasteiger partial charge in [0.05, 0.1) is 0 Å². The molecule has 0 atom stereocenters. The van der Waals surface area contributed by atoms with Gasteiger partial charge in [-0.15, -0.1) is 0 Å². The Morgan fingerprint density at radius 1 is 1.67 bits per heavy atom. The first-order chi connectivity index (χ1) is 5.79. The number of pyridine rings is 1. The van der Waals surface area contributed by atoms with Crippen molar-refractivity contribution in [1.29, 1.82) is 0 Å². The van der Waals surface area contributed by atoms with Gasteiger partial charge in [-0.2, -0.15) is 0 Å². The van der Waals surface area contributed by atoms with E-state index in [1.807, 2.05) is 24.3 Å². The van der Waals surface area contributed by atoms with Crippen LogP contribution in [0.25, 0.3) is 6.08 Å². The van der Waals surface area contributed by atoms with E-state index in [0.717, 1.165) is 5.56 Å². The Morgan fingerprint density at radius 3 is 3.08 bits per heavy atom. The van der Waals surface area contributed by atoms with Crippen molar-refractivity contribution in [3.05, 3.63) is 36.2 Å². The number of carbonyl (C=O) groups excluding carboxylic acids is 1. The highest BCUT2D eigenvalue weighted by Gasteiger charge is 1.86. The van der Waals surface area contributed by atoms with Crippen LogP contribution >= 0.6 is 0 Å². The van der Waals surface area contributed by atoms with Crippen LogP contribution in [0.1, 0.15) is 18.9 Å². The summed E-state index contributed by atoms with van der Waals surface area (Å²) in [5.74, 6) is 0.176. The molecule has 2 heteroatoms. The highest BCUT2D eigenvalue weighted by Crippen LogP contribution is 1.99. The van der Waals surface area contributed by atoms with Crippen LogP contribution in [0.15, 0.2) is 30.6 Å². The van der Waals surface area contributed by atoms with Crippen LogP contribution in [-0.4, -0.2) is 10.8 Å². The second-order valence-electron chi connectivity index (χ2n) is 2.59. The molecule has 0 aliphatic heterocycles. The molecular weight excluding hydrogens is 150 g/mol. The van der Waals surface area contributed by atoms with E-state index in [-0.39, 0.29) is 5.78 Å². The molecule has 1 aromatic rings. The summed E-state index contributed by atoms with van der Waals surface area (Å²) in [5.41, 5.74) is 1.03. The van der Waals surface area contributed by atoms with Crippen molar-refractivity contribution in [2.75, 3.05) is 0 Å². The third-order valence-electron chi connectivity index (χ3n) is 1.40. The quantitative estimate of drug-likeness (QED) is 0.679. The Kier molecular flexibility index (Phi) is 3.20. The Bertz CT molecular complexity index is 277. The molecule has 1 heterocycles. The van der Waals surface area contributed by atoms with Crippen LogP contribution in [-0.2, 0) is 4.79 Å². The summed E-state index contributed by atoms with van der Waals surface area (Å²) in [6.07, 6.45) is 7.72. The molecule has 12 heavy (non-hydrogen) atoms. The molecule has 0 unspecified atom stereocenters. The second kappa shape index (κ2) is 4.44. The van der Waals surface area contributed by atoms with Crippen molar-refractivity contribution in [2.24, 2.45) is 0 Å². The average molecular weight is 161 g/mol. The standard InChI is InChI=1S/C10H11NO/c1-9(12)4-2-5-10-6-3-7-11-8-10/h2-3,5-8H,4H2,1H3/b5-2+. The van der Waals surface area contributed by atoms with Gasteiger partial charge in [0.25, 0.3) is 0 Å². The number of hydrogen-bond acceptors (Lipinski definition) is 2. The van der Waals surface area contributed by atoms with Crippen LogP contribution in [0.3, 0.4) is 0 Å². The van der Waals surface area contributed by atoms with Crippen LogP contribution in [0.4, 0.5) is 0 Å². The molecule has 1 aromatic heterocycles. The van der Waals surface area contributed by atoms with Gasteiger partial charge in [-0.1, -0.05) is 18.2 Å². The maximum Gasteiger partial charge on any atom is 0.133 e. The highest BCUT2D eigenvalue weighted by atomic mass is 16.1. The van der Waals surface area contributed by atoms with E-state index in [0.29, 0.717) is 6.42 Å².